The number of Topliss-reactive ketones (excluding diaryl/α,β-unsaturated/α-hetero) is 1. The molecule has 17 heavy (non-hydrogen) atoms. The van der Waals surface area contributed by atoms with Gasteiger partial charge in [-0.15, -0.1) is 0 Å². The van der Waals surface area contributed by atoms with Crippen LogP contribution in [0.5, 0.6) is 0 Å². The Labute approximate surface area is 101 Å². The molecule has 2 nitrogen and oxygen atoms in total. The summed E-state index contributed by atoms with van der Waals surface area (Å²) in [6.45, 7) is 5.50. The second-order valence-electron chi connectivity index (χ2n) is 5.12. The highest BCUT2D eigenvalue weighted by Gasteiger charge is 2.36. The van der Waals surface area contributed by atoms with Gasteiger partial charge >= 0.3 is 0 Å². The zero-order valence-corrected chi connectivity index (χ0v) is 10.2. The van der Waals surface area contributed by atoms with Crippen molar-refractivity contribution in [3.05, 3.63) is 40.5 Å². The summed E-state index contributed by atoms with van der Waals surface area (Å²) in [6.07, 6.45) is 0.637. The minimum atomic E-state index is 0.290. The lowest BCUT2D eigenvalue weighted by Gasteiger charge is -2.07. The largest absolute Gasteiger partial charge is 0.376 e. The Morgan fingerprint density at radius 1 is 1.18 bits per heavy atom. The third kappa shape index (κ3) is 1.73. The van der Waals surface area contributed by atoms with E-state index in [2.05, 4.69) is 32.0 Å². The van der Waals surface area contributed by atoms with Gasteiger partial charge < -0.3 is 4.74 Å². The fraction of sp³-hybridized carbons (Fsp3) is 0.400. The number of ether oxygens (including phenoxy) is 1. The van der Waals surface area contributed by atoms with E-state index in [1.165, 1.54) is 16.7 Å². The molecule has 0 saturated carbocycles. The molecule has 2 aliphatic rings. The van der Waals surface area contributed by atoms with E-state index in [1.54, 1.807) is 0 Å². The van der Waals surface area contributed by atoms with Crippen molar-refractivity contribution in [3.8, 4) is 0 Å². The Hall–Kier alpha value is -1.41. The van der Waals surface area contributed by atoms with Crippen molar-refractivity contribution in [3.63, 3.8) is 0 Å². The molecule has 1 aliphatic carbocycles. The molecular formula is C15H16O2. The van der Waals surface area contributed by atoms with E-state index in [-0.39, 0.29) is 0 Å². The van der Waals surface area contributed by atoms with Crippen molar-refractivity contribution in [2.45, 2.75) is 20.3 Å². The van der Waals surface area contributed by atoms with Gasteiger partial charge in [0, 0.05) is 17.9 Å². The third-order valence-electron chi connectivity index (χ3n) is 3.61. The summed E-state index contributed by atoms with van der Waals surface area (Å²) in [5.74, 6) is 0.636. The van der Waals surface area contributed by atoms with Crippen LogP contribution in [0.3, 0.4) is 0 Å². The van der Waals surface area contributed by atoms with Gasteiger partial charge in [0.25, 0.3) is 0 Å². The van der Waals surface area contributed by atoms with Crippen LogP contribution >= 0.6 is 0 Å². The Bertz CT molecular complexity index is 505. The smallest absolute Gasteiger partial charge is 0.164 e. The molecule has 0 spiro atoms. The molecule has 3 rings (SSSR count). The molecule has 1 aromatic rings. The molecule has 88 valence electrons. The lowest BCUT2D eigenvalue weighted by molar-refractivity contribution is -0.113. The lowest BCUT2D eigenvalue weighted by atomic mass is 9.97. The summed E-state index contributed by atoms with van der Waals surface area (Å²) >= 11 is 0. The van der Waals surface area contributed by atoms with Crippen molar-refractivity contribution < 1.29 is 9.53 Å². The first-order chi connectivity index (χ1) is 8.15. The lowest BCUT2D eigenvalue weighted by Crippen LogP contribution is -2.01. The number of hydrogen-bond acceptors (Lipinski definition) is 2. The Balaban J connectivity index is 2.14. The number of rotatable bonds is 1. The predicted molar refractivity (Wildman–Crippen MR) is 66.8 cm³/mol. The summed E-state index contributed by atoms with van der Waals surface area (Å²) in [5, 5.41) is 0. The molecule has 2 heteroatoms. The Morgan fingerprint density at radius 2 is 1.88 bits per heavy atom. The van der Waals surface area contributed by atoms with Crippen LogP contribution in [0.1, 0.15) is 23.1 Å². The maximum atomic E-state index is 12.1. The highest BCUT2D eigenvalue weighted by Crippen LogP contribution is 2.39. The van der Waals surface area contributed by atoms with Crippen LogP contribution in [0.2, 0.25) is 0 Å². The van der Waals surface area contributed by atoms with Gasteiger partial charge in [0.1, 0.15) is 0 Å². The van der Waals surface area contributed by atoms with Crippen LogP contribution in [-0.2, 0) is 9.53 Å². The quantitative estimate of drug-likeness (QED) is 0.738. The number of carbonyl (C=O) groups excluding carboxylic acids is 1. The van der Waals surface area contributed by atoms with Crippen LogP contribution in [0.4, 0.5) is 0 Å². The van der Waals surface area contributed by atoms with Crippen LogP contribution < -0.4 is 0 Å². The van der Waals surface area contributed by atoms with Gasteiger partial charge in [-0.2, -0.15) is 0 Å². The molecule has 1 fully saturated rings. The molecular weight excluding hydrogens is 212 g/mol. The summed E-state index contributed by atoms with van der Waals surface area (Å²) < 4.78 is 5.46. The number of ketones is 1. The minimum Gasteiger partial charge on any atom is -0.376 e. The van der Waals surface area contributed by atoms with Crippen molar-refractivity contribution in [2.24, 2.45) is 5.92 Å². The normalized spacial score (nSPS) is 23.4. The second-order valence-corrected chi connectivity index (χ2v) is 5.12. The zero-order valence-electron chi connectivity index (χ0n) is 10.2. The van der Waals surface area contributed by atoms with E-state index in [9.17, 15) is 4.79 Å². The molecule has 1 atom stereocenters. The number of carbonyl (C=O) groups is 1. The van der Waals surface area contributed by atoms with E-state index in [0.29, 0.717) is 24.7 Å². The molecule has 1 unspecified atom stereocenters. The van der Waals surface area contributed by atoms with Gasteiger partial charge in [-0.25, -0.2) is 0 Å². The average Bonchev–Trinajstić information content (AvgIpc) is 2.74. The van der Waals surface area contributed by atoms with Crippen LogP contribution in [0.15, 0.2) is 23.8 Å². The minimum absolute atomic E-state index is 0.290. The SMILES string of the molecule is Cc1cc(C)cc(C2=C3COCC3CC2=O)c1. The average molecular weight is 228 g/mol. The van der Waals surface area contributed by atoms with E-state index in [0.717, 1.165) is 17.7 Å². The monoisotopic (exact) mass is 228 g/mol. The molecule has 1 saturated heterocycles. The summed E-state index contributed by atoms with van der Waals surface area (Å²) in [6, 6.07) is 6.35. The number of allylic oxidation sites excluding steroid dienone is 1. The summed E-state index contributed by atoms with van der Waals surface area (Å²) in [7, 11) is 0. The Kier molecular flexibility index (Phi) is 2.40. The highest BCUT2D eigenvalue weighted by atomic mass is 16.5. The van der Waals surface area contributed by atoms with Gasteiger partial charge in [-0.3, -0.25) is 4.79 Å². The van der Waals surface area contributed by atoms with Crippen LogP contribution in [0, 0.1) is 19.8 Å². The van der Waals surface area contributed by atoms with Gasteiger partial charge in [0.2, 0.25) is 0 Å². The molecule has 1 heterocycles. The number of fused-ring (bicyclic) bond motifs is 1. The third-order valence-corrected chi connectivity index (χ3v) is 3.61. The number of hydrogen-bond donors (Lipinski definition) is 0. The maximum absolute atomic E-state index is 12.1. The molecule has 0 aromatic heterocycles. The first-order valence-corrected chi connectivity index (χ1v) is 6.08. The first-order valence-electron chi connectivity index (χ1n) is 6.08. The van der Waals surface area contributed by atoms with Gasteiger partial charge in [-0.05, 0) is 25.0 Å². The maximum Gasteiger partial charge on any atom is 0.164 e. The zero-order chi connectivity index (χ0) is 12.0. The second kappa shape index (κ2) is 3.81. The van der Waals surface area contributed by atoms with Crippen molar-refractivity contribution in [1.82, 2.24) is 0 Å². The van der Waals surface area contributed by atoms with Gasteiger partial charge in [0.05, 0.1) is 13.2 Å². The topological polar surface area (TPSA) is 26.3 Å². The van der Waals surface area contributed by atoms with E-state index in [1.807, 2.05) is 0 Å². The van der Waals surface area contributed by atoms with E-state index >= 15 is 0 Å². The summed E-state index contributed by atoms with van der Waals surface area (Å²) in [5.41, 5.74) is 5.65. The molecule has 0 N–H and O–H groups in total. The van der Waals surface area contributed by atoms with Crippen molar-refractivity contribution in [2.75, 3.05) is 13.2 Å². The van der Waals surface area contributed by atoms with Crippen molar-refractivity contribution in [1.29, 1.82) is 0 Å². The van der Waals surface area contributed by atoms with E-state index in [4.69, 9.17) is 4.74 Å². The highest BCUT2D eigenvalue weighted by molar-refractivity contribution is 6.24. The predicted octanol–water partition coefficient (Wildman–Crippen LogP) is 2.68. The van der Waals surface area contributed by atoms with Gasteiger partial charge in [0.15, 0.2) is 5.78 Å². The molecule has 0 amide bonds. The van der Waals surface area contributed by atoms with E-state index < -0.39 is 0 Å². The fourth-order valence-corrected chi connectivity index (χ4v) is 2.96. The van der Waals surface area contributed by atoms with Crippen molar-refractivity contribution >= 4 is 11.4 Å². The van der Waals surface area contributed by atoms with Crippen LogP contribution in [0.25, 0.3) is 5.57 Å². The Morgan fingerprint density at radius 3 is 2.59 bits per heavy atom. The first kappa shape index (κ1) is 10.7. The molecule has 0 radical (unpaired) electrons. The summed E-state index contributed by atoms with van der Waals surface area (Å²) in [4.78, 5) is 12.1. The fourth-order valence-electron chi connectivity index (χ4n) is 2.96. The standard InChI is InChI=1S/C15H16O2/c1-9-3-10(2)5-11(4-9)15-13-8-17-7-12(13)6-14(15)16/h3-5,12H,6-8H2,1-2H3. The number of benzene rings is 1. The molecule has 1 aliphatic heterocycles. The molecule has 1 aromatic carbocycles. The van der Waals surface area contributed by atoms with Gasteiger partial charge in [-0.1, -0.05) is 29.3 Å². The molecule has 0 bridgehead atoms. The number of aryl methyl sites for hydroxylation is 2. The van der Waals surface area contributed by atoms with Crippen LogP contribution in [-0.4, -0.2) is 19.0 Å².